The number of hydrazine groups is 1. The molecular formula is C12H13N5O3. The number of carbonyl (C=O) groups is 2. The standard InChI is InChI=1S/C12H13N5O3/c1-20-8-4-2-7(3-5-8)16-11(18)9-10(12(19)17-13)15-6-14-9/h2-6H,13H2,1H3,(H,14,15)(H,16,18)(H,17,19). The van der Waals surface area contributed by atoms with Crippen molar-refractivity contribution in [3.05, 3.63) is 42.0 Å². The van der Waals surface area contributed by atoms with E-state index in [2.05, 4.69) is 15.3 Å². The summed E-state index contributed by atoms with van der Waals surface area (Å²) in [6.45, 7) is 0. The fraction of sp³-hybridized carbons (Fsp3) is 0.0833. The first-order valence-corrected chi connectivity index (χ1v) is 5.65. The Morgan fingerprint density at radius 3 is 2.55 bits per heavy atom. The Bertz CT molecular complexity index is 620. The number of benzene rings is 1. The van der Waals surface area contributed by atoms with Gasteiger partial charge in [0.05, 0.1) is 13.4 Å². The van der Waals surface area contributed by atoms with Crippen LogP contribution in [0.25, 0.3) is 0 Å². The number of rotatable bonds is 4. The number of imidazole rings is 1. The molecule has 0 aliphatic carbocycles. The van der Waals surface area contributed by atoms with Gasteiger partial charge in [0, 0.05) is 5.69 Å². The van der Waals surface area contributed by atoms with Crippen LogP contribution >= 0.6 is 0 Å². The van der Waals surface area contributed by atoms with Crippen LogP contribution in [-0.2, 0) is 0 Å². The Morgan fingerprint density at radius 2 is 1.95 bits per heavy atom. The first-order chi connectivity index (χ1) is 9.65. The maximum absolute atomic E-state index is 12.0. The fourth-order valence-electron chi connectivity index (χ4n) is 1.58. The molecule has 0 bridgehead atoms. The number of ether oxygens (including phenoxy) is 1. The molecule has 2 rings (SSSR count). The van der Waals surface area contributed by atoms with Crippen LogP contribution in [0.15, 0.2) is 30.6 Å². The molecule has 0 saturated heterocycles. The molecule has 0 radical (unpaired) electrons. The topological polar surface area (TPSA) is 122 Å². The van der Waals surface area contributed by atoms with Crippen LogP contribution in [0.4, 0.5) is 5.69 Å². The van der Waals surface area contributed by atoms with Gasteiger partial charge >= 0.3 is 0 Å². The predicted molar refractivity (Wildman–Crippen MR) is 71.2 cm³/mol. The lowest BCUT2D eigenvalue weighted by molar-refractivity contribution is 0.0935. The van der Waals surface area contributed by atoms with E-state index in [1.54, 1.807) is 31.4 Å². The van der Waals surface area contributed by atoms with Gasteiger partial charge in [0.2, 0.25) is 0 Å². The van der Waals surface area contributed by atoms with Crippen LogP contribution in [0, 0.1) is 0 Å². The van der Waals surface area contributed by atoms with E-state index in [0.717, 1.165) is 0 Å². The number of nitrogens with one attached hydrogen (secondary N) is 3. The molecule has 2 aromatic rings. The molecule has 0 atom stereocenters. The number of nitrogens with zero attached hydrogens (tertiary/aromatic N) is 1. The summed E-state index contributed by atoms with van der Waals surface area (Å²) in [7, 11) is 1.55. The number of hydrogen-bond acceptors (Lipinski definition) is 5. The van der Waals surface area contributed by atoms with E-state index in [-0.39, 0.29) is 11.4 Å². The highest BCUT2D eigenvalue weighted by Crippen LogP contribution is 2.16. The minimum atomic E-state index is -0.647. The average molecular weight is 275 g/mol. The predicted octanol–water partition coefficient (Wildman–Crippen LogP) is 0.274. The largest absolute Gasteiger partial charge is 0.497 e. The zero-order chi connectivity index (χ0) is 14.5. The van der Waals surface area contributed by atoms with E-state index < -0.39 is 11.8 Å². The molecule has 20 heavy (non-hydrogen) atoms. The summed E-state index contributed by atoms with van der Waals surface area (Å²) in [5.74, 6) is 4.55. The summed E-state index contributed by atoms with van der Waals surface area (Å²) in [5.41, 5.74) is 2.44. The van der Waals surface area contributed by atoms with E-state index >= 15 is 0 Å². The molecule has 0 unspecified atom stereocenters. The zero-order valence-electron chi connectivity index (χ0n) is 10.6. The normalized spacial score (nSPS) is 9.90. The van der Waals surface area contributed by atoms with Crippen molar-refractivity contribution in [3.63, 3.8) is 0 Å². The first kappa shape index (κ1) is 13.6. The van der Waals surface area contributed by atoms with Crippen LogP contribution in [0.1, 0.15) is 21.0 Å². The van der Waals surface area contributed by atoms with E-state index in [0.29, 0.717) is 11.4 Å². The lowest BCUT2D eigenvalue weighted by atomic mass is 10.2. The molecule has 1 aromatic heterocycles. The van der Waals surface area contributed by atoms with Crippen LogP contribution in [0.2, 0.25) is 0 Å². The van der Waals surface area contributed by atoms with Crippen molar-refractivity contribution in [2.75, 3.05) is 12.4 Å². The van der Waals surface area contributed by atoms with Crippen LogP contribution in [-0.4, -0.2) is 28.9 Å². The molecule has 0 saturated carbocycles. The molecule has 1 aromatic carbocycles. The van der Waals surface area contributed by atoms with Gasteiger partial charge in [0.15, 0.2) is 5.69 Å². The average Bonchev–Trinajstić information content (AvgIpc) is 2.96. The summed E-state index contributed by atoms with van der Waals surface area (Å²) in [4.78, 5) is 29.8. The number of nitrogen functional groups attached to an aromatic ring is 1. The number of amides is 2. The SMILES string of the molecule is COc1ccc(NC(=O)c2[nH]cnc2C(=O)NN)cc1. The Hall–Kier alpha value is -2.87. The van der Waals surface area contributed by atoms with Crippen molar-refractivity contribution in [2.45, 2.75) is 0 Å². The highest BCUT2D eigenvalue weighted by molar-refractivity contribution is 6.09. The third-order valence-electron chi connectivity index (χ3n) is 2.56. The number of aromatic nitrogens is 2. The second-order valence-corrected chi connectivity index (χ2v) is 3.78. The molecule has 0 aliphatic rings. The molecular weight excluding hydrogens is 262 g/mol. The van der Waals surface area contributed by atoms with E-state index in [9.17, 15) is 9.59 Å². The smallest absolute Gasteiger partial charge is 0.286 e. The van der Waals surface area contributed by atoms with E-state index in [4.69, 9.17) is 10.6 Å². The lowest BCUT2D eigenvalue weighted by Gasteiger charge is -2.06. The van der Waals surface area contributed by atoms with Gasteiger partial charge in [-0.25, -0.2) is 10.8 Å². The second-order valence-electron chi connectivity index (χ2n) is 3.78. The van der Waals surface area contributed by atoms with Crippen molar-refractivity contribution in [2.24, 2.45) is 5.84 Å². The number of aromatic amines is 1. The monoisotopic (exact) mass is 275 g/mol. The molecule has 8 nitrogen and oxygen atoms in total. The van der Waals surface area contributed by atoms with Gasteiger partial charge in [-0.15, -0.1) is 0 Å². The summed E-state index contributed by atoms with van der Waals surface area (Å²) in [6, 6.07) is 6.76. The molecule has 104 valence electrons. The van der Waals surface area contributed by atoms with E-state index in [1.165, 1.54) is 6.33 Å². The molecule has 0 fully saturated rings. The Labute approximate surface area is 114 Å². The van der Waals surface area contributed by atoms with Crippen molar-refractivity contribution in [1.29, 1.82) is 0 Å². The Kier molecular flexibility index (Phi) is 3.96. The Balaban J connectivity index is 2.15. The van der Waals surface area contributed by atoms with Gasteiger partial charge in [-0.2, -0.15) is 0 Å². The molecule has 5 N–H and O–H groups in total. The van der Waals surface area contributed by atoms with Crippen LogP contribution < -0.4 is 21.3 Å². The van der Waals surface area contributed by atoms with Crippen molar-refractivity contribution in [1.82, 2.24) is 15.4 Å². The number of hydrogen-bond donors (Lipinski definition) is 4. The van der Waals surface area contributed by atoms with Gasteiger partial charge in [-0.3, -0.25) is 15.0 Å². The number of methoxy groups -OCH3 is 1. The van der Waals surface area contributed by atoms with Crippen LogP contribution in [0.3, 0.4) is 0 Å². The maximum Gasteiger partial charge on any atom is 0.286 e. The van der Waals surface area contributed by atoms with Crippen molar-refractivity contribution >= 4 is 17.5 Å². The Morgan fingerprint density at radius 1 is 1.25 bits per heavy atom. The number of carbonyl (C=O) groups excluding carboxylic acids is 2. The minimum Gasteiger partial charge on any atom is -0.497 e. The fourth-order valence-corrected chi connectivity index (χ4v) is 1.58. The number of nitrogens with two attached hydrogens (primary N) is 1. The number of anilines is 1. The lowest BCUT2D eigenvalue weighted by Crippen LogP contribution is -2.32. The third kappa shape index (κ3) is 2.75. The van der Waals surface area contributed by atoms with Gasteiger partial charge in [-0.05, 0) is 24.3 Å². The van der Waals surface area contributed by atoms with Gasteiger partial charge in [0.25, 0.3) is 11.8 Å². The van der Waals surface area contributed by atoms with Gasteiger partial charge in [0.1, 0.15) is 11.4 Å². The van der Waals surface area contributed by atoms with E-state index in [1.807, 2.05) is 5.43 Å². The summed E-state index contributed by atoms with van der Waals surface area (Å²) < 4.78 is 5.02. The summed E-state index contributed by atoms with van der Waals surface area (Å²) >= 11 is 0. The third-order valence-corrected chi connectivity index (χ3v) is 2.56. The van der Waals surface area contributed by atoms with Crippen LogP contribution in [0.5, 0.6) is 5.75 Å². The summed E-state index contributed by atoms with van der Waals surface area (Å²) in [6.07, 6.45) is 1.24. The first-order valence-electron chi connectivity index (χ1n) is 5.65. The summed E-state index contributed by atoms with van der Waals surface area (Å²) in [5, 5.41) is 2.63. The second kappa shape index (κ2) is 5.85. The number of H-pyrrole nitrogens is 1. The minimum absolute atomic E-state index is 0.0313. The maximum atomic E-state index is 12.0. The van der Waals surface area contributed by atoms with Crippen molar-refractivity contribution < 1.29 is 14.3 Å². The zero-order valence-corrected chi connectivity index (χ0v) is 10.6. The quantitative estimate of drug-likeness (QED) is 0.362. The van der Waals surface area contributed by atoms with Crippen molar-refractivity contribution in [3.8, 4) is 5.75 Å². The molecule has 1 heterocycles. The molecule has 0 aliphatic heterocycles. The van der Waals surface area contributed by atoms with Gasteiger partial charge in [-0.1, -0.05) is 0 Å². The highest BCUT2D eigenvalue weighted by Gasteiger charge is 2.19. The highest BCUT2D eigenvalue weighted by atomic mass is 16.5. The molecule has 0 spiro atoms. The molecule has 8 heteroatoms. The van der Waals surface area contributed by atoms with Gasteiger partial charge < -0.3 is 15.0 Å². The molecule has 2 amide bonds.